The van der Waals surface area contributed by atoms with Gasteiger partial charge in [-0.3, -0.25) is 4.79 Å². The molecule has 0 bridgehead atoms. The molecule has 2 atom stereocenters. The van der Waals surface area contributed by atoms with Crippen molar-refractivity contribution in [3.63, 3.8) is 0 Å². The number of rotatable bonds is 4. The van der Waals surface area contributed by atoms with Crippen LogP contribution in [0.3, 0.4) is 0 Å². The Kier molecular flexibility index (Phi) is 5.48. The topological polar surface area (TPSA) is 49.8 Å². The number of carbonyl (C=O) groups is 1. The number of hydrogen-bond donors (Lipinski definition) is 1. The molecule has 0 aliphatic carbocycles. The van der Waals surface area contributed by atoms with Crippen LogP contribution in [0.15, 0.2) is 18.2 Å². The summed E-state index contributed by atoms with van der Waals surface area (Å²) >= 11 is 5.94. The predicted octanol–water partition coefficient (Wildman–Crippen LogP) is 3.17. The maximum Gasteiger partial charge on any atom is 0.263 e. The van der Waals surface area contributed by atoms with Gasteiger partial charge >= 0.3 is 0 Å². The first-order valence-corrected chi connectivity index (χ1v) is 7.80. The molecule has 1 N–H and O–H groups in total. The van der Waals surface area contributed by atoms with E-state index < -0.39 is 12.2 Å². The van der Waals surface area contributed by atoms with Crippen molar-refractivity contribution in [2.45, 2.75) is 45.3 Å². The van der Waals surface area contributed by atoms with Crippen LogP contribution in [0.4, 0.5) is 0 Å². The van der Waals surface area contributed by atoms with Crippen LogP contribution in [0.5, 0.6) is 5.75 Å². The SMILES string of the molecule is CC(Oc1ccc(Cl)cc1C(C)O)C(=O)N1CCCCC1. The summed E-state index contributed by atoms with van der Waals surface area (Å²) in [6.07, 6.45) is 2.02. The molecule has 1 amide bonds. The molecule has 1 fully saturated rings. The van der Waals surface area contributed by atoms with Gasteiger partial charge in [0.05, 0.1) is 6.10 Å². The minimum atomic E-state index is -0.698. The number of halogens is 1. The van der Waals surface area contributed by atoms with Gasteiger partial charge in [-0.15, -0.1) is 0 Å². The van der Waals surface area contributed by atoms with E-state index in [9.17, 15) is 9.90 Å². The molecule has 116 valence electrons. The quantitative estimate of drug-likeness (QED) is 0.929. The molecule has 5 heteroatoms. The average Bonchev–Trinajstić information content (AvgIpc) is 2.49. The van der Waals surface area contributed by atoms with Gasteiger partial charge in [-0.1, -0.05) is 11.6 Å². The van der Waals surface area contributed by atoms with Crippen molar-refractivity contribution in [3.05, 3.63) is 28.8 Å². The third kappa shape index (κ3) is 4.11. The number of hydrogen-bond acceptors (Lipinski definition) is 3. The summed E-state index contributed by atoms with van der Waals surface area (Å²) in [5.74, 6) is 0.508. The Morgan fingerprint density at radius 2 is 1.95 bits per heavy atom. The van der Waals surface area contributed by atoms with E-state index in [4.69, 9.17) is 16.3 Å². The first-order chi connectivity index (χ1) is 9.99. The largest absolute Gasteiger partial charge is 0.481 e. The van der Waals surface area contributed by atoms with E-state index >= 15 is 0 Å². The fraction of sp³-hybridized carbons (Fsp3) is 0.562. The fourth-order valence-corrected chi connectivity index (χ4v) is 2.75. The van der Waals surface area contributed by atoms with Gasteiger partial charge in [0.2, 0.25) is 0 Å². The van der Waals surface area contributed by atoms with Crippen LogP contribution in [-0.4, -0.2) is 35.1 Å². The standard InChI is InChI=1S/C16H22ClNO3/c1-11(19)14-10-13(17)6-7-15(14)21-12(2)16(20)18-8-4-3-5-9-18/h6-7,10-12,19H,3-5,8-9H2,1-2H3. The highest BCUT2D eigenvalue weighted by atomic mass is 35.5. The number of carbonyl (C=O) groups excluding carboxylic acids is 1. The van der Waals surface area contributed by atoms with Crippen molar-refractivity contribution in [2.24, 2.45) is 0 Å². The summed E-state index contributed by atoms with van der Waals surface area (Å²) in [7, 11) is 0. The number of aliphatic hydroxyl groups is 1. The summed E-state index contributed by atoms with van der Waals surface area (Å²) in [6.45, 7) is 5.00. The second kappa shape index (κ2) is 7.14. The van der Waals surface area contributed by atoms with Crippen molar-refractivity contribution in [1.82, 2.24) is 4.90 Å². The summed E-state index contributed by atoms with van der Waals surface area (Å²) < 4.78 is 5.77. The molecular weight excluding hydrogens is 290 g/mol. The highest BCUT2D eigenvalue weighted by Crippen LogP contribution is 2.29. The Balaban J connectivity index is 2.08. The maximum atomic E-state index is 12.4. The molecule has 1 heterocycles. The number of likely N-dealkylation sites (tertiary alicyclic amines) is 1. The molecule has 1 saturated heterocycles. The Morgan fingerprint density at radius 3 is 2.57 bits per heavy atom. The number of amides is 1. The average molecular weight is 312 g/mol. The monoisotopic (exact) mass is 311 g/mol. The van der Waals surface area contributed by atoms with E-state index in [1.54, 1.807) is 32.0 Å². The molecule has 4 nitrogen and oxygen atoms in total. The first-order valence-electron chi connectivity index (χ1n) is 7.42. The fourth-order valence-electron chi connectivity index (χ4n) is 2.57. The lowest BCUT2D eigenvalue weighted by Gasteiger charge is -2.29. The molecule has 0 saturated carbocycles. The number of benzene rings is 1. The molecule has 1 aromatic rings. The molecule has 2 rings (SSSR count). The smallest absolute Gasteiger partial charge is 0.263 e. The van der Waals surface area contributed by atoms with Crippen LogP contribution in [0.25, 0.3) is 0 Å². The third-order valence-electron chi connectivity index (χ3n) is 3.74. The van der Waals surface area contributed by atoms with Crippen molar-refractivity contribution >= 4 is 17.5 Å². The summed E-state index contributed by atoms with van der Waals surface area (Å²) in [6, 6.07) is 5.06. The van der Waals surface area contributed by atoms with Crippen molar-refractivity contribution in [1.29, 1.82) is 0 Å². The zero-order valence-corrected chi connectivity index (χ0v) is 13.3. The minimum Gasteiger partial charge on any atom is -0.481 e. The minimum absolute atomic E-state index is 0.00110. The number of ether oxygens (including phenoxy) is 1. The molecular formula is C16H22ClNO3. The summed E-state index contributed by atoms with van der Waals surface area (Å²) in [5, 5.41) is 10.3. The van der Waals surface area contributed by atoms with Crippen LogP contribution < -0.4 is 4.74 Å². The van der Waals surface area contributed by atoms with Gasteiger partial charge in [0.1, 0.15) is 5.75 Å². The van der Waals surface area contributed by atoms with Gasteiger partial charge in [-0.2, -0.15) is 0 Å². The second-order valence-electron chi connectivity index (χ2n) is 5.50. The van der Waals surface area contributed by atoms with Gasteiger partial charge in [-0.05, 0) is 51.3 Å². The molecule has 0 spiro atoms. The maximum absolute atomic E-state index is 12.4. The molecule has 1 aliphatic heterocycles. The number of aliphatic hydroxyl groups excluding tert-OH is 1. The van der Waals surface area contributed by atoms with Crippen molar-refractivity contribution < 1.29 is 14.6 Å². The van der Waals surface area contributed by atoms with E-state index in [2.05, 4.69) is 0 Å². The van der Waals surface area contributed by atoms with Crippen LogP contribution in [0, 0.1) is 0 Å². The van der Waals surface area contributed by atoms with E-state index in [0.29, 0.717) is 16.3 Å². The molecule has 1 aliphatic rings. The van der Waals surface area contributed by atoms with E-state index in [1.165, 1.54) is 6.42 Å². The number of piperidine rings is 1. The summed E-state index contributed by atoms with van der Waals surface area (Å²) in [4.78, 5) is 14.2. The van der Waals surface area contributed by atoms with Gasteiger partial charge in [-0.25, -0.2) is 0 Å². The Hall–Kier alpha value is -1.26. The number of nitrogens with zero attached hydrogens (tertiary/aromatic N) is 1. The molecule has 0 aromatic heterocycles. The lowest BCUT2D eigenvalue weighted by atomic mass is 10.1. The Morgan fingerprint density at radius 1 is 1.29 bits per heavy atom. The van der Waals surface area contributed by atoms with Gasteiger partial charge in [0.25, 0.3) is 5.91 Å². The molecule has 0 radical (unpaired) electrons. The molecule has 1 aromatic carbocycles. The van der Waals surface area contributed by atoms with Crippen LogP contribution in [-0.2, 0) is 4.79 Å². The van der Waals surface area contributed by atoms with Crippen LogP contribution >= 0.6 is 11.6 Å². The molecule has 2 unspecified atom stereocenters. The normalized spacial score (nSPS) is 18.2. The van der Waals surface area contributed by atoms with E-state index in [0.717, 1.165) is 25.9 Å². The van der Waals surface area contributed by atoms with Gasteiger partial charge in [0, 0.05) is 23.7 Å². The van der Waals surface area contributed by atoms with E-state index in [1.807, 2.05) is 4.90 Å². The summed E-state index contributed by atoms with van der Waals surface area (Å²) in [5.41, 5.74) is 0.598. The van der Waals surface area contributed by atoms with Crippen LogP contribution in [0.1, 0.15) is 44.8 Å². The predicted molar refractivity (Wildman–Crippen MR) is 82.6 cm³/mol. The second-order valence-corrected chi connectivity index (χ2v) is 5.94. The van der Waals surface area contributed by atoms with Gasteiger partial charge < -0.3 is 14.7 Å². The zero-order valence-electron chi connectivity index (χ0n) is 12.5. The zero-order chi connectivity index (χ0) is 15.4. The Labute approximate surface area is 130 Å². The highest BCUT2D eigenvalue weighted by molar-refractivity contribution is 6.30. The lowest BCUT2D eigenvalue weighted by Crippen LogP contribution is -2.43. The Bertz CT molecular complexity index is 498. The lowest BCUT2D eigenvalue weighted by molar-refractivity contribution is -0.138. The first kappa shape index (κ1) is 16.1. The van der Waals surface area contributed by atoms with Crippen molar-refractivity contribution in [2.75, 3.05) is 13.1 Å². The third-order valence-corrected chi connectivity index (χ3v) is 3.98. The van der Waals surface area contributed by atoms with E-state index in [-0.39, 0.29) is 5.91 Å². The van der Waals surface area contributed by atoms with Crippen molar-refractivity contribution in [3.8, 4) is 5.75 Å². The molecule has 21 heavy (non-hydrogen) atoms. The van der Waals surface area contributed by atoms with Gasteiger partial charge in [0.15, 0.2) is 6.10 Å². The highest BCUT2D eigenvalue weighted by Gasteiger charge is 2.24. The van der Waals surface area contributed by atoms with Crippen LogP contribution in [0.2, 0.25) is 5.02 Å².